The van der Waals surface area contributed by atoms with Gasteiger partial charge in [-0.25, -0.2) is 0 Å². The van der Waals surface area contributed by atoms with Crippen LogP contribution in [0.5, 0.6) is 17.2 Å². The first-order chi connectivity index (χ1) is 27.2. The predicted octanol–water partition coefficient (Wildman–Crippen LogP) is 9.83. The largest absolute Gasteiger partial charge is 0.573 e. The molecule has 0 N–H and O–H groups in total. The van der Waals surface area contributed by atoms with E-state index >= 15 is 0 Å². The highest BCUT2D eigenvalue weighted by Crippen LogP contribution is 2.48. The third kappa shape index (κ3) is 12.5. The summed E-state index contributed by atoms with van der Waals surface area (Å²) in [6, 6.07) is 9.12. The average molecular weight is 782 g/mol. The van der Waals surface area contributed by atoms with Gasteiger partial charge in [0, 0.05) is 48.8 Å². The summed E-state index contributed by atoms with van der Waals surface area (Å²) in [6.45, 7) is 3.70. The maximum absolute atomic E-state index is 13.5. The Morgan fingerprint density at radius 1 is 0.946 bits per heavy atom. The Morgan fingerprint density at radius 2 is 1.68 bits per heavy atom. The number of esters is 1. The van der Waals surface area contributed by atoms with Gasteiger partial charge in [0.15, 0.2) is 11.5 Å². The lowest BCUT2D eigenvalue weighted by atomic mass is 9.89. The van der Waals surface area contributed by atoms with Crippen molar-refractivity contribution >= 4 is 12.3 Å². The first-order valence-corrected chi connectivity index (χ1v) is 20.8. The fraction of sp³-hybridized carbons (Fsp3) is 0.614. The summed E-state index contributed by atoms with van der Waals surface area (Å²) in [6.07, 6.45) is 16.0. The molecule has 2 fully saturated rings. The van der Waals surface area contributed by atoms with Crippen molar-refractivity contribution in [3.8, 4) is 28.4 Å². The van der Waals surface area contributed by atoms with Crippen LogP contribution in [-0.2, 0) is 33.8 Å². The van der Waals surface area contributed by atoms with Crippen molar-refractivity contribution in [3.63, 3.8) is 0 Å². The Kier molecular flexibility index (Phi) is 15.1. The van der Waals surface area contributed by atoms with Gasteiger partial charge in [-0.15, -0.1) is 13.2 Å². The molecular formula is C44H58F3N3O6. The summed E-state index contributed by atoms with van der Waals surface area (Å²) in [5.41, 5.74) is 4.39. The molecule has 6 rings (SSSR count). The summed E-state index contributed by atoms with van der Waals surface area (Å²) < 4.78 is 64.2. The third-order valence-corrected chi connectivity index (χ3v) is 11.5. The first kappa shape index (κ1) is 41.6. The van der Waals surface area contributed by atoms with E-state index in [9.17, 15) is 22.8 Å². The number of benzene rings is 2. The van der Waals surface area contributed by atoms with Crippen LogP contribution < -0.4 is 14.2 Å². The van der Waals surface area contributed by atoms with E-state index in [1.165, 1.54) is 45.3 Å². The molecule has 12 heteroatoms. The summed E-state index contributed by atoms with van der Waals surface area (Å²) >= 11 is 0. The van der Waals surface area contributed by atoms with Gasteiger partial charge in [0.05, 0.1) is 32.9 Å². The number of aromatic nitrogens is 2. The van der Waals surface area contributed by atoms with E-state index < -0.39 is 6.36 Å². The number of carbonyl (C=O) groups excluding carboxylic acids is 2. The lowest BCUT2D eigenvalue weighted by molar-refractivity contribution is -0.275. The molecule has 1 saturated heterocycles. The van der Waals surface area contributed by atoms with E-state index in [0.717, 1.165) is 117 Å². The molecule has 306 valence electrons. The number of alkyl halides is 3. The number of aryl methyl sites for hydroxylation is 1. The second kappa shape index (κ2) is 20.4. The summed E-state index contributed by atoms with van der Waals surface area (Å²) in [5, 5.41) is 4.54. The molecule has 3 heterocycles. The van der Waals surface area contributed by atoms with Gasteiger partial charge in [-0.3, -0.25) is 14.4 Å². The fourth-order valence-corrected chi connectivity index (χ4v) is 8.18. The number of piperidine rings is 1. The number of methoxy groups -OCH3 is 1. The maximum Gasteiger partial charge on any atom is 0.573 e. The third-order valence-electron chi connectivity index (χ3n) is 11.5. The van der Waals surface area contributed by atoms with Gasteiger partial charge in [-0.05, 0) is 98.7 Å². The van der Waals surface area contributed by atoms with Gasteiger partial charge >= 0.3 is 12.3 Å². The molecule has 1 unspecified atom stereocenters. The Morgan fingerprint density at radius 3 is 2.38 bits per heavy atom. The van der Waals surface area contributed by atoms with E-state index in [4.69, 9.17) is 14.2 Å². The Labute approximate surface area is 329 Å². The standard InChI is InChI=1S/C44H58F3N3O6/c1-53-42(52)27-39(33-12-13-33)36-25-35-18-23-54-43(35)41(26-36)55-31-32-16-20-49(21-17-32)29-37-24-34(14-15-40(37)56-44(45,46)47)38-28-48-50(30-38)19-10-8-6-4-2-3-5-7-9-11-22-51/h14-15,22,24-26,28,30,32-33,39H,2-13,16-21,23,27,29,31H2,1H3. The van der Waals surface area contributed by atoms with E-state index in [2.05, 4.69) is 26.9 Å². The first-order valence-electron chi connectivity index (χ1n) is 20.8. The van der Waals surface area contributed by atoms with Crippen molar-refractivity contribution in [3.05, 3.63) is 59.4 Å². The fourth-order valence-electron chi connectivity index (χ4n) is 8.18. The Bertz CT molecular complexity index is 1720. The summed E-state index contributed by atoms with van der Waals surface area (Å²) in [5.74, 6) is 2.01. The number of aldehydes is 1. The number of ether oxygens (including phenoxy) is 4. The Hall–Kier alpha value is -4.06. The average Bonchev–Trinajstić information content (AvgIpc) is 3.71. The minimum absolute atomic E-state index is 0.104. The van der Waals surface area contributed by atoms with Crippen LogP contribution in [0.4, 0.5) is 13.2 Å². The number of hydrogen-bond donors (Lipinski definition) is 0. The van der Waals surface area contributed by atoms with Crippen LogP contribution in [0.2, 0.25) is 0 Å². The molecule has 3 aliphatic rings. The number of hydrogen-bond acceptors (Lipinski definition) is 8. The van der Waals surface area contributed by atoms with Crippen molar-refractivity contribution in [2.45, 2.75) is 128 Å². The molecule has 1 aromatic heterocycles. The SMILES string of the molecule is COC(=O)CC(c1cc2c(c(OCC3CCN(Cc4cc(-c5cnn(CCCCCCCCCCCC=O)c5)ccc4OC(F)(F)F)CC3)c1)OCC2)C1CC1. The van der Waals surface area contributed by atoms with Crippen LogP contribution in [0, 0.1) is 11.8 Å². The minimum atomic E-state index is -4.79. The van der Waals surface area contributed by atoms with Crippen LogP contribution in [-0.4, -0.2) is 66.7 Å². The second-order valence-corrected chi connectivity index (χ2v) is 15.9. The predicted molar refractivity (Wildman–Crippen MR) is 208 cm³/mol. The van der Waals surface area contributed by atoms with Crippen molar-refractivity contribution in [1.29, 1.82) is 0 Å². The van der Waals surface area contributed by atoms with Gasteiger partial charge in [0.2, 0.25) is 0 Å². The number of unbranched alkanes of at least 4 members (excludes halogenated alkanes) is 9. The number of likely N-dealkylation sites (tertiary alicyclic amines) is 1. The molecule has 3 aromatic rings. The van der Waals surface area contributed by atoms with Crippen LogP contribution in [0.1, 0.15) is 119 Å². The Balaban J connectivity index is 1.000. The molecule has 1 saturated carbocycles. The zero-order valence-electron chi connectivity index (χ0n) is 32.8. The highest BCUT2D eigenvalue weighted by atomic mass is 19.4. The lowest BCUT2D eigenvalue weighted by Crippen LogP contribution is -2.35. The maximum atomic E-state index is 13.5. The van der Waals surface area contributed by atoms with E-state index in [0.29, 0.717) is 44.1 Å². The van der Waals surface area contributed by atoms with E-state index in [1.807, 2.05) is 10.9 Å². The van der Waals surface area contributed by atoms with Crippen molar-refractivity contribution in [2.24, 2.45) is 11.8 Å². The van der Waals surface area contributed by atoms with Gasteiger partial charge in [-0.1, -0.05) is 57.1 Å². The topological polar surface area (TPSA) is 92.1 Å². The number of fused-ring (bicyclic) bond motifs is 1. The van der Waals surface area contributed by atoms with Crippen molar-refractivity contribution in [2.75, 3.05) is 33.4 Å². The molecule has 0 spiro atoms. The quantitative estimate of drug-likeness (QED) is 0.0534. The van der Waals surface area contributed by atoms with Gasteiger partial charge in [0.1, 0.15) is 12.0 Å². The zero-order chi connectivity index (χ0) is 39.3. The second-order valence-electron chi connectivity index (χ2n) is 15.9. The zero-order valence-corrected chi connectivity index (χ0v) is 32.8. The van der Waals surface area contributed by atoms with Crippen LogP contribution in [0.25, 0.3) is 11.1 Å². The van der Waals surface area contributed by atoms with E-state index in [1.54, 1.807) is 18.3 Å². The van der Waals surface area contributed by atoms with E-state index in [-0.39, 0.29) is 23.6 Å². The summed E-state index contributed by atoms with van der Waals surface area (Å²) in [4.78, 5) is 24.8. The van der Waals surface area contributed by atoms with Gasteiger partial charge in [0.25, 0.3) is 0 Å². The number of rotatable bonds is 23. The number of carbonyl (C=O) groups is 2. The molecule has 56 heavy (non-hydrogen) atoms. The van der Waals surface area contributed by atoms with Gasteiger partial charge < -0.3 is 23.7 Å². The van der Waals surface area contributed by atoms with Crippen molar-refractivity contribution in [1.82, 2.24) is 14.7 Å². The van der Waals surface area contributed by atoms with Crippen LogP contribution in [0.15, 0.2) is 42.7 Å². The monoisotopic (exact) mass is 781 g/mol. The normalized spacial score (nSPS) is 16.6. The van der Waals surface area contributed by atoms with Crippen molar-refractivity contribution < 1.29 is 41.7 Å². The summed E-state index contributed by atoms with van der Waals surface area (Å²) in [7, 11) is 1.43. The minimum Gasteiger partial charge on any atom is -0.489 e. The van der Waals surface area contributed by atoms with Gasteiger partial charge in [-0.2, -0.15) is 5.10 Å². The molecule has 1 aliphatic carbocycles. The smallest absolute Gasteiger partial charge is 0.489 e. The molecule has 0 bridgehead atoms. The number of halogens is 3. The molecule has 2 aromatic carbocycles. The molecular weight excluding hydrogens is 723 g/mol. The highest BCUT2D eigenvalue weighted by molar-refractivity contribution is 5.71. The highest BCUT2D eigenvalue weighted by Gasteiger charge is 2.36. The molecule has 2 aliphatic heterocycles. The van der Waals surface area contributed by atoms with Crippen LogP contribution in [0.3, 0.4) is 0 Å². The molecule has 0 radical (unpaired) electrons. The molecule has 0 amide bonds. The molecule has 9 nitrogen and oxygen atoms in total. The lowest BCUT2D eigenvalue weighted by Gasteiger charge is -2.32. The number of nitrogens with zero attached hydrogens (tertiary/aromatic N) is 3. The van der Waals surface area contributed by atoms with Crippen LogP contribution >= 0.6 is 0 Å². The molecule has 1 atom stereocenters.